The van der Waals surface area contributed by atoms with Crippen molar-refractivity contribution < 1.29 is 15.3 Å². The van der Waals surface area contributed by atoms with Gasteiger partial charge in [-0.3, -0.25) is 4.90 Å². The van der Waals surface area contributed by atoms with Gasteiger partial charge in [-0.1, -0.05) is 30.3 Å². The number of rotatable bonds is 6. The monoisotopic (exact) mass is 291 g/mol. The van der Waals surface area contributed by atoms with Crippen LogP contribution in [0.2, 0.25) is 0 Å². The number of hydrogen-bond donors (Lipinski definition) is 3. The van der Waals surface area contributed by atoms with Crippen molar-refractivity contribution in [1.82, 2.24) is 15.0 Å². The molecular formula is C13H17N5O3. The molecule has 0 atom stereocenters. The standard InChI is InChI=1S/C13H17N5O3/c1-17(7-19)12-14-11(10-5-3-2-4-6-10)15-13(16-12)18(8-20)9-21/h2-6,19-21H,7-9H2,1H3. The largest absolute Gasteiger partial charge is 0.376 e. The first kappa shape index (κ1) is 15.1. The average Bonchev–Trinajstić information content (AvgIpc) is 2.56. The molecule has 2 aromatic rings. The molecule has 0 fully saturated rings. The van der Waals surface area contributed by atoms with Crippen molar-refractivity contribution in [1.29, 1.82) is 0 Å². The minimum Gasteiger partial charge on any atom is -0.376 e. The number of nitrogens with zero attached hydrogens (tertiary/aromatic N) is 5. The molecule has 1 heterocycles. The average molecular weight is 291 g/mol. The molecule has 0 unspecified atom stereocenters. The number of aliphatic hydroxyl groups is 3. The van der Waals surface area contributed by atoms with Gasteiger partial charge in [-0.2, -0.15) is 15.0 Å². The van der Waals surface area contributed by atoms with Crippen LogP contribution < -0.4 is 9.80 Å². The van der Waals surface area contributed by atoms with E-state index in [0.717, 1.165) is 5.56 Å². The fourth-order valence-electron chi connectivity index (χ4n) is 1.62. The van der Waals surface area contributed by atoms with Crippen LogP contribution in [0.25, 0.3) is 11.4 Å². The molecule has 1 aromatic heterocycles. The summed E-state index contributed by atoms with van der Waals surface area (Å²) in [5.41, 5.74) is 0.768. The highest BCUT2D eigenvalue weighted by atomic mass is 16.3. The molecule has 0 aliphatic rings. The lowest BCUT2D eigenvalue weighted by atomic mass is 10.2. The van der Waals surface area contributed by atoms with E-state index in [0.29, 0.717) is 5.82 Å². The topological polar surface area (TPSA) is 106 Å². The predicted octanol–water partition coefficient (Wildman–Crippen LogP) is -0.369. The Labute approximate surface area is 122 Å². The summed E-state index contributed by atoms with van der Waals surface area (Å²) in [4.78, 5) is 15.2. The number of aliphatic hydroxyl groups excluding tert-OH is 3. The summed E-state index contributed by atoms with van der Waals surface area (Å²) in [6, 6.07) is 9.25. The third kappa shape index (κ3) is 3.43. The normalized spacial score (nSPS) is 10.5. The zero-order valence-electron chi connectivity index (χ0n) is 11.6. The molecule has 0 aliphatic carbocycles. The minimum absolute atomic E-state index is 0.129. The fourth-order valence-corrected chi connectivity index (χ4v) is 1.62. The Balaban J connectivity index is 2.52. The molecule has 0 radical (unpaired) electrons. The van der Waals surface area contributed by atoms with Gasteiger partial charge < -0.3 is 20.2 Å². The van der Waals surface area contributed by atoms with Crippen LogP contribution in [0.15, 0.2) is 30.3 Å². The molecule has 3 N–H and O–H groups in total. The van der Waals surface area contributed by atoms with Crippen molar-refractivity contribution in [3.8, 4) is 11.4 Å². The lowest BCUT2D eigenvalue weighted by Gasteiger charge is -2.20. The smallest absolute Gasteiger partial charge is 0.234 e. The van der Waals surface area contributed by atoms with E-state index < -0.39 is 13.5 Å². The number of hydrogen-bond acceptors (Lipinski definition) is 8. The van der Waals surface area contributed by atoms with Crippen molar-refractivity contribution in [2.75, 3.05) is 37.0 Å². The number of anilines is 2. The molecule has 8 nitrogen and oxygen atoms in total. The second-order valence-corrected chi connectivity index (χ2v) is 4.29. The molecule has 0 aliphatic heterocycles. The first-order valence-corrected chi connectivity index (χ1v) is 6.29. The highest BCUT2D eigenvalue weighted by molar-refractivity contribution is 5.58. The van der Waals surface area contributed by atoms with Crippen molar-refractivity contribution in [3.63, 3.8) is 0 Å². The molecule has 0 amide bonds. The van der Waals surface area contributed by atoms with Crippen LogP contribution in [-0.2, 0) is 0 Å². The van der Waals surface area contributed by atoms with Gasteiger partial charge in [0, 0.05) is 12.6 Å². The van der Waals surface area contributed by atoms with Crippen LogP contribution in [0, 0.1) is 0 Å². The lowest BCUT2D eigenvalue weighted by Crippen LogP contribution is -2.29. The Morgan fingerprint density at radius 3 is 2.05 bits per heavy atom. The Morgan fingerprint density at radius 2 is 1.48 bits per heavy atom. The van der Waals surface area contributed by atoms with Gasteiger partial charge in [-0.15, -0.1) is 0 Å². The van der Waals surface area contributed by atoms with E-state index in [1.54, 1.807) is 7.05 Å². The summed E-state index contributed by atoms with van der Waals surface area (Å²) < 4.78 is 0. The molecule has 112 valence electrons. The minimum atomic E-state index is -0.434. The molecular weight excluding hydrogens is 274 g/mol. The molecule has 0 spiro atoms. The maximum atomic E-state index is 9.23. The quantitative estimate of drug-likeness (QED) is 0.619. The van der Waals surface area contributed by atoms with E-state index >= 15 is 0 Å². The van der Waals surface area contributed by atoms with Gasteiger partial charge in [-0.05, 0) is 0 Å². The highest BCUT2D eigenvalue weighted by Crippen LogP contribution is 2.20. The molecule has 0 bridgehead atoms. The van der Waals surface area contributed by atoms with Gasteiger partial charge in [-0.25, -0.2) is 0 Å². The summed E-state index contributed by atoms with van der Waals surface area (Å²) in [6.45, 7) is -1.13. The Hall–Kier alpha value is -2.29. The summed E-state index contributed by atoms with van der Waals surface area (Å²) >= 11 is 0. The molecule has 0 saturated heterocycles. The van der Waals surface area contributed by atoms with Crippen molar-refractivity contribution in [2.45, 2.75) is 0 Å². The Kier molecular flexibility index (Phi) is 4.99. The molecule has 8 heteroatoms. The van der Waals surface area contributed by atoms with Gasteiger partial charge in [0.25, 0.3) is 0 Å². The van der Waals surface area contributed by atoms with Crippen LogP contribution in [-0.4, -0.2) is 57.5 Å². The van der Waals surface area contributed by atoms with E-state index in [1.165, 1.54) is 9.80 Å². The predicted molar refractivity (Wildman–Crippen MR) is 77.4 cm³/mol. The second kappa shape index (κ2) is 6.93. The van der Waals surface area contributed by atoms with E-state index in [9.17, 15) is 15.3 Å². The zero-order valence-corrected chi connectivity index (χ0v) is 11.6. The van der Waals surface area contributed by atoms with Crippen LogP contribution >= 0.6 is 0 Å². The van der Waals surface area contributed by atoms with Gasteiger partial charge >= 0.3 is 0 Å². The van der Waals surface area contributed by atoms with Crippen LogP contribution in [0.1, 0.15) is 0 Å². The van der Waals surface area contributed by atoms with Gasteiger partial charge in [0.05, 0.1) is 0 Å². The summed E-state index contributed by atoms with van der Waals surface area (Å²) in [5.74, 6) is 0.764. The second-order valence-electron chi connectivity index (χ2n) is 4.29. The maximum absolute atomic E-state index is 9.23. The first-order valence-electron chi connectivity index (χ1n) is 6.29. The Morgan fingerprint density at radius 1 is 0.857 bits per heavy atom. The van der Waals surface area contributed by atoms with E-state index in [-0.39, 0.29) is 18.6 Å². The molecule has 21 heavy (non-hydrogen) atoms. The number of benzene rings is 1. The summed E-state index contributed by atoms with van der Waals surface area (Å²) in [5, 5.41) is 27.7. The SMILES string of the molecule is CN(CO)c1nc(-c2ccccc2)nc(N(CO)CO)n1. The van der Waals surface area contributed by atoms with E-state index in [4.69, 9.17) is 0 Å². The van der Waals surface area contributed by atoms with Crippen molar-refractivity contribution >= 4 is 11.9 Å². The van der Waals surface area contributed by atoms with E-state index in [1.807, 2.05) is 30.3 Å². The zero-order chi connectivity index (χ0) is 15.2. The van der Waals surface area contributed by atoms with Crippen LogP contribution in [0.5, 0.6) is 0 Å². The number of aromatic nitrogens is 3. The molecule has 0 saturated carbocycles. The van der Waals surface area contributed by atoms with Gasteiger partial charge in [0.2, 0.25) is 11.9 Å². The fraction of sp³-hybridized carbons (Fsp3) is 0.308. The van der Waals surface area contributed by atoms with Crippen LogP contribution in [0.3, 0.4) is 0 Å². The third-order valence-electron chi connectivity index (χ3n) is 2.82. The van der Waals surface area contributed by atoms with Crippen molar-refractivity contribution in [3.05, 3.63) is 30.3 Å². The summed E-state index contributed by atoms with van der Waals surface area (Å²) in [7, 11) is 1.62. The van der Waals surface area contributed by atoms with E-state index in [2.05, 4.69) is 15.0 Å². The van der Waals surface area contributed by atoms with Crippen LogP contribution in [0.4, 0.5) is 11.9 Å². The summed E-state index contributed by atoms with van der Waals surface area (Å²) in [6.07, 6.45) is 0. The Bertz CT molecular complexity index is 577. The first-order chi connectivity index (χ1) is 10.2. The highest BCUT2D eigenvalue weighted by Gasteiger charge is 2.15. The lowest BCUT2D eigenvalue weighted by molar-refractivity contribution is 0.220. The maximum Gasteiger partial charge on any atom is 0.234 e. The van der Waals surface area contributed by atoms with Gasteiger partial charge in [0.15, 0.2) is 5.82 Å². The van der Waals surface area contributed by atoms with Gasteiger partial charge in [0.1, 0.15) is 20.2 Å². The molecule has 1 aromatic carbocycles. The third-order valence-corrected chi connectivity index (χ3v) is 2.82. The van der Waals surface area contributed by atoms with Crippen molar-refractivity contribution in [2.24, 2.45) is 0 Å². The molecule has 2 rings (SSSR count).